The lowest BCUT2D eigenvalue weighted by molar-refractivity contribution is -0.148. The molecule has 0 bridgehead atoms. The van der Waals surface area contributed by atoms with Gasteiger partial charge in [-0.2, -0.15) is 0 Å². The normalized spacial score (nSPS) is 18.0. The van der Waals surface area contributed by atoms with E-state index in [2.05, 4.69) is 13.8 Å². The molecule has 1 atom stereocenters. The first-order valence-electron chi connectivity index (χ1n) is 7.79. The molecule has 6 nitrogen and oxygen atoms in total. The number of amides is 1. The zero-order chi connectivity index (χ0) is 16.8. The highest BCUT2D eigenvalue weighted by molar-refractivity contribution is 5.78. The lowest BCUT2D eigenvalue weighted by atomic mass is 10.0. The van der Waals surface area contributed by atoms with Crippen molar-refractivity contribution in [2.24, 2.45) is 0 Å². The van der Waals surface area contributed by atoms with Crippen LogP contribution in [0.4, 0.5) is 0 Å². The third kappa shape index (κ3) is 5.25. The van der Waals surface area contributed by atoms with E-state index in [4.69, 9.17) is 14.6 Å². The summed E-state index contributed by atoms with van der Waals surface area (Å²) in [5, 5.41) is 8.81. The monoisotopic (exact) mass is 321 g/mol. The Balaban J connectivity index is 1.86. The van der Waals surface area contributed by atoms with Crippen LogP contribution in [0.2, 0.25) is 0 Å². The number of hydrogen-bond acceptors (Lipinski definition) is 4. The predicted molar refractivity (Wildman–Crippen MR) is 84.6 cm³/mol. The number of aliphatic carboxylic acids is 1. The van der Waals surface area contributed by atoms with Crippen LogP contribution < -0.4 is 4.74 Å². The highest BCUT2D eigenvalue weighted by Gasteiger charge is 2.26. The number of ether oxygens (including phenoxy) is 2. The van der Waals surface area contributed by atoms with E-state index >= 15 is 0 Å². The molecule has 1 aromatic carbocycles. The SMILES string of the molecule is CC(C)c1cccc(OCC(=O)N2CCO[C@@H](CC(=O)O)C2)c1. The highest BCUT2D eigenvalue weighted by Crippen LogP contribution is 2.20. The third-order valence-electron chi connectivity index (χ3n) is 3.78. The smallest absolute Gasteiger partial charge is 0.306 e. The molecule has 23 heavy (non-hydrogen) atoms. The van der Waals surface area contributed by atoms with E-state index in [0.29, 0.717) is 31.4 Å². The molecule has 0 aromatic heterocycles. The molecular weight excluding hydrogens is 298 g/mol. The van der Waals surface area contributed by atoms with Gasteiger partial charge in [-0.15, -0.1) is 0 Å². The fourth-order valence-corrected chi connectivity index (χ4v) is 2.46. The maximum atomic E-state index is 12.2. The molecule has 0 radical (unpaired) electrons. The second-order valence-corrected chi connectivity index (χ2v) is 5.95. The van der Waals surface area contributed by atoms with Crippen LogP contribution in [0.3, 0.4) is 0 Å². The second kappa shape index (κ2) is 7.97. The molecule has 0 aliphatic carbocycles. The molecule has 1 fully saturated rings. The summed E-state index contributed by atoms with van der Waals surface area (Å²) in [7, 11) is 0. The second-order valence-electron chi connectivity index (χ2n) is 5.95. The summed E-state index contributed by atoms with van der Waals surface area (Å²) in [6.07, 6.45) is -0.546. The average molecular weight is 321 g/mol. The molecule has 1 heterocycles. The Morgan fingerprint density at radius 1 is 1.43 bits per heavy atom. The zero-order valence-electron chi connectivity index (χ0n) is 13.5. The lowest BCUT2D eigenvalue weighted by Crippen LogP contribution is -2.47. The van der Waals surface area contributed by atoms with Crippen molar-refractivity contribution in [1.82, 2.24) is 4.90 Å². The zero-order valence-corrected chi connectivity index (χ0v) is 13.5. The molecule has 1 aliphatic rings. The van der Waals surface area contributed by atoms with Crippen molar-refractivity contribution >= 4 is 11.9 Å². The van der Waals surface area contributed by atoms with E-state index < -0.39 is 12.1 Å². The van der Waals surface area contributed by atoms with Crippen molar-refractivity contribution in [2.75, 3.05) is 26.3 Å². The number of rotatable bonds is 6. The molecule has 1 aromatic rings. The topological polar surface area (TPSA) is 76.1 Å². The van der Waals surface area contributed by atoms with Crippen LogP contribution in [0.25, 0.3) is 0 Å². The Bertz CT molecular complexity index is 558. The molecule has 1 aliphatic heterocycles. The van der Waals surface area contributed by atoms with Gasteiger partial charge < -0.3 is 19.5 Å². The van der Waals surface area contributed by atoms with Gasteiger partial charge in [-0.1, -0.05) is 26.0 Å². The van der Waals surface area contributed by atoms with Crippen molar-refractivity contribution in [1.29, 1.82) is 0 Å². The molecule has 1 N–H and O–H groups in total. The van der Waals surface area contributed by atoms with Crippen LogP contribution in [0, 0.1) is 0 Å². The lowest BCUT2D eigenvalue weighted by Gasteiger charge is -2.32. The summed E-state index contributed by atoms with van der Waals surface area (Å²) in [5.74, 6) is -0.0187. The minimum absolute atomic E-state index is 0.0542. The van der Waals surface area contributed by atoms with E-state index in [1.54, 1.807) is 4.90 Å². The van der Waals surface area contributed by atoms with Gasteiger partial charge in [0.05, 0.1) is 19.1 Å². The number of morpholine rings is 1. The van der Waals surface area contributed by atoms with Crippen LogP contribution in [0.1, 0.15) is 31.7 Å². The molecule has 126 valence electrons. The number of carboxylic acids is 1. The minimum Gasteiger partial charge on any atom is -0.484 e. The highest BCUT2D eigenvalue weighted by atomic mass is 16.5. The van der Waals surface area contributed by atoms with Crippen molar-refractivity contribution < 1.29 is 24.2 Å². The van der Waals surface area contributed by atoms with Crippen molar-refractivity contribution in [3.05, 3.63) is 29.8 Å². The average Bonchev–Trinajstić information content (AvgIpc) is 2.52. The van der Waals surface area contributed by atoms with Gasteiger partial charge in [-0.05, 0) is 23.6 Å². The number of benzene rings is 1. The summed E-state index contributed by atoms with van der Waals surface area (Å²) in [5.41, 5.74) is 1.16. The quantitative estimate of drug-likeness (QED) is 0.866. The summed E-state index contributed by atoms with van der Waals surface area (Å²) in [4.78, 5) is 24.6. The molecule has 0 spiro atoms. The maximum absolute atomic E-state index is 12.2. The van der Waals surface area contributed by atoms with Crippen molar-refractivity contribution in [3.8, 4) is 5.75 Å². The molecule has 1 saturated heterocycles. The Morgan fingerprint density at radius 3 is 2.91 bits per heavy atom. The third-order valence-corrected chi connectivity index (χ3v) is 3.78. The van der Waals surface area contributed by atoms with Gasteiger partial charge in [0.25, 0.3) is 5.91 Å². The van der Waals surface area contributed by atoms with Crippen molar-refractivity contribution in [2.45, 2.75) is 32.3 Å². The Labute approximate surface area is 136 Å². The largest absolute Gasteiger partial charge is 0.484 e. The number of carbonyl (C=O) groups is 2. The Hall–Kier alpha value is -2.08. The van der Waals surface area contributed by atoms with Crippen molar-refractivity contribution in [3.63, 3.8) is 0 Å². The number of hydrogen-bond donors (Lipinski definition) is 1. The van der Waals surface area contributed by atoms with Crippen LogP contribution in [0.15, 0.2) is 24.3 Å². The first-order chi connectivity index (χ1) is 11.0. The van der Waals surface area contributed by atoms with Gasteiger partial charge in [-0.3, -0.25) is 9.59 Å². The molecule has 6 heteroatoms. The fourth-order valence-electron chi connectivity index (χ4n) is 2.46. The van der Waals surface area contributed by atoms with E-state index in [-0.39, 0.29) is 18.9 Å². The van der Waals surface area contributed by atoms with Gasteiger partial charge in [0.2, 0.25) is 0 Å². The summed E-state index contributed by atoms with van der Waals surface area (Å²) >= 11 is 0. The number of carboxylic acid groups (broad SMARTS) is 1. The minimum atomic E-state index is -0.925. The molecule has 0 saturated carbocycles. The van der Waals surface area contributed by atoms with Gasteiger partial charge in [-0.25, -0.2) is 0 Å². The van der Waals surface area contributed by atoms with E-state index in [9.17, 15) is 9.59 Å². The van der Waals surface area contributed by atoms with E-state index in [1.807, 2.05) is 24.3 Å². The maximum Gasteiger partial charge on any atom is 0.306 e. The molecular formula is C17H23NO5. The van der Waals surface area contributed by atoms with Crippen LogP contribution >= 0.6 is 0 Å². The molecule has 1 amide bonds. The van der Waals surface area contributed by atoms with Gasteiger partial charge >= 0.3 is 5.97 Å². The fraction of sp³-hybridized carbons (Fsp3) is 0.529. The van der Waals surface area contributed by atoms with E-state index in [1.165, 1.54) is 0 Å². The predicted octanol–water partition coefficient (Wildman–Crippen LogP) is 1.89. The Morgan fingerprint density at radius 2 is 2.22 bits per heavy atom. The summed E-state index contributed by atoms with van der Waals surface area (Å²) in [6, 6.07) is 7.70. The van der Waals surface area contributed by atoms with Crippen LogP contribution in [-0.4, -0.2) is 54.3 Å². The van der Waals surface area contributed by atoms with Crippen LogP contribution in [0.5, 0.6) is 5.75 Å². The van der Waals surface area contributed by atoms with Crippen LogP contribution in [-0.2, 0) is 14.3 Å². The first-order valence-corrected chi connectivity index (χ1v) is 7.79. The van der Waals surface area contributed by atoms with Gasteiger partial charge in [0.1, 0.15) is 5.75 Å². The summed E-state index contributed by atoms with van der Waals surface area (Å²) < 4.78 is 10.9. The van der Waals surface area contributed by atoms with Gasteiger partial charge in [0.15, 0.2) is 6.61 Å². The van der Waals surface area contributed by atoms with Gasteiger partial charge in [0, 0.05) is 13.1 Å². The molecule has 0 unspecified atom stereocenters. The Kier molecular flexibility index (Phi) is 5.98. The van der Waals surface area contributed by atoms with E-state index in [0.717, 1.165) is 5.56 Å². The number of carbonyl (C=O) groups excluding carboxylic acids is 1. The summed E-state index contributed by atoms with van der Waals surface area (Å²) in [6.45, 7) is 5.25. The standard InChI is InChI=1S/C17H23NO5/c1-12(2)13-4-3-5-14(8-13)23-11-16(19)18-6-7-22-15(10-18)9-17(20)21/h3-5,8,12,15H,6-7,9-11H2,1-2H3,(H,20,21)/t15-/m0/s1. The first kappa shape index (κ1) is 17.3. The molecule has 2 rings (SSSR count). The number of nitrogens with zero attached hydrogens (tertiary/aromatic N) is 1.